The minimum atomic E-state index is -1.78. The van der Waals surface area contributed by atoms with Gasteiger partial charge in [-0.3, -0.25) is 34.2 Å². The molecule has 101 heavy (non-hydrogen) atoms. The van der Waals surface area contributed by atoms with E-state index in [-0.39, 0.29) is 109 Å². The van der Waals surface area contributed by atoms with E-state index in [4.69, 9.17) is 34.1 Å². The number of aromatic nitrogens is 2. The molecule has 12 rings (SSSR count). The van der Waals surface area contributed by atoms with Crippen LogP contribution in [-0.2, 0) is 55.9 Å². The van der Waals surface area contributed by atoms with Gasteiger partial charge in [0.25, 0.3) is 17.7 Å². The molecule has 10 N–H and O–H groups in total. The number of aliphatic hydroxyl groups excluding tert-OH is 2. The van der Waals surface area contributed by atoms with E-state index >= 15 is 0 Å². The molecule has 0 radical (unpaired) electrons. The number of ether oxygens (including phenoxy) is 5. The van der Waals surface area contributed by atoms with Crippen molar-refractivity contribution in [1.29, 1.82) is 5.41 Å². The molecule has 7 aliphatic rings. The van der Waals surface area contributed by atoms with Gasteiger partial charge in [0.15, 0.2) is 16.9 Å². The Labute approximate surface area is 587 Å². The molecule has 4 bridgehead atoms. The number of aromatic carboxylic acids is 1. The number of pyridine rings is 1. The quantitative estimate of drug-likeness (QED) is 0.0111. The summed E-state index contributed by atoms with van der Waals surface area (Å²) in [4.78, 5) is 113. The maximum absolute atomic E-state index is 13.8. The number of nitrogens with one attached hydrogen (secondary N) is 6. The highest BCUT2D eigenvalue weighted by Gasteiger charge is 2.66. The van der Waals surface area contributed by atoms with Crippen molar-refractivity contribution < 1.29 is 82.5 Å². The number of para-hydroxylation sites is 1. The number of fused-ring (bicyclic) bond motifs is 2. The van der Waals surface area contributed by atoms with Gasteiger partial charge in [-0.1, -0.05) is 68.0 Å². The van der Waals surface area contributed by atoms with Crippen LogP contribution in [0.15, 0.2) is 96.7 Å². The minimum Gasteiger partial charge on any atom is -0.479 e. The average Bonchev–Trinajstić information content (AvgIpc) is 1.32. The van der Waals surface area contributed by atoms with Gasteiger partial charge in [-0.2, -0.15) is 0 Å². The average molecular weight is 1410 g/mol. The van der Waals surface area contributed by atoms with Crippen LogP contribution in [0.25, 0.3) is 21.9 Å². The smallest absolute Gasteiger partial charge is 0.407 e. The monoisotopic (exact) mass is 1410 g/mol. The number of unbranched alkanes of at least 4 members (excludes halogenated alkanes) is 2. The summed E-state index contributed by atoms with van der Waals surface area (Å²) in [6.07, 6.45) is 7.53. The van der Waals surface area contributed by atoms with Crippen molar-refractivity contribution in [3.8, 4) is 5.75 Å². The second kappa shape index (κ2) is 31.6. The molecular formula is C73H86N10O17S. The fourth-order valence-corrected chi connectivity index (χ4v) is 17.0. The number of allylic oxidation sites excluding steroid dienone is 2. The van der Waals surface area contributed by atoms with E-state index in [2.05, 4.69) is 45.4 Å². The number of carbonyl (C=O) groups excluding carboxylic acids is 6. The molecule has 6 atom stereocenters. The molecule has 0 spiro atoms. The van der Waals surface area contributed by atoms with Gasteiger partial charge < -0.3 is 75.7 Å². The normalized spacial score (nSPS) is 24.4. The molecule has 536 valence electrons. The SMILES string of the molecule is C/C(NCC12CC3(C)CC(C)(C1)CC(OCCOCCNC(=O)OC/C=C/c1ccc(O[C@H]4C[C@@H](O)[C@H](O)[C@@H](C(=O)O)O4)c(NC(=O)CCNC(=O)CCCCCN4C(=O)C=CC4=O)c1)(C3)C2)=C(/C=N)c1ccc(N2CCc3cccc(C(=O)Nc4nc5ccccc5s4)c3C2)nc1C(=O)O. The molecule has 1 saturated heterocycles. The summed E-state index contributed by atoms with van der Waals surface area (Å²) >= 11 is 1.40. The third-order valence-electron chi connectivity index (χ3n) is 19.5. The molecule has 5 heterocycles. The number of anilines is 3. The Morgan fingerprint density at radius 2 is 1.58 bits per heavy atom. The molecule has 3 aromatic carbocycles. The van der Waals surface area contributed by atoms with Crippen LogP contribution in [0.2, 0.25) is 0 Å². The lowest BCUT2D eigenvalue weighted by Gasteiger charge is -2.69. The Kier molecular flexibility index (Phi) is 22.8. The zero-order chi connectivity index (χ0) is 71.6. The standard InChI is InChI=1S/C73H86N10O17S/c1-44(49(35-74)47-18-20-56(80-62(47)66(91)92)82-28-24-46-12-9-13-48(50(46)36-82)65(90)81-68-79-51-14-6-7-15-55(51)101-68)77-43-72-38-70(2)37-71(3,39-72)41-73(40-70,42-72)98-32-31-96-30-26-76-69(95)97-29-10-11-45-17-19-54(99-61-34-53(84)63(89)64(100-61)67(93)94)52(33-45)78-58(86)23-25-75-57(85)16-5-4-8-27-83-59(87)21-22-60(83)88/h6-7,9-15,17-22,33,35,53,61,63-64,74,77,84,89H,4-5,8,16,23-32,34,36-43H2,1-3H3,(H,75,85)(H,76,95)(H,78,86)(H,91,92)(H,93,94)(H,79,81,90)/b11-10+,49-44+,74-35?/t53-,61-,63+,64+,70?,71?,72?,73?/m1/s1. The van der Waals surface area contributed by atoms with Crippen LogP contribution in [-0.4, -0.2) is 178 Å². The number of aliphatic carboxylic acids is 1. The van der Waals surface area contributed by atoms with Crippen molar-refractivity contribution in [3.05, 3.63) is 130 Å². The summed E-state index contributed by atoms with van der Waals surface area (Å²) in [5, 5.41) is 64.7. The van der Waals surface area contributed by atoms with E-state index < -0.39 is 54.1 Å². The molecule has 28 heteroatoms. The van der Waals surface area contributed by atoms with Crippen molar-refractivity contribution in [3.63, 3.8) is 0 Å². The maximum Gasteiger partial charge on any atom is 0.407 e. The molecule has 5 aromatic rings. The van der Waals surface area contributed by atoms with E-state index in [1.54, 1.807) is 42.5 Å². The van der Waals surface area contributed by atoms with E-state index in [0.29, 0.717) is 97.4 Å². The number of benzene rings is 3. The first-order valence-electron chi connectivity index (χ1n) is 34.1. The molecule has 2 unspecified atom stereocenters. The Morgan fingerprint density at radius 3 is 2.34 bits per heavy atom. The first kappa shape index (κ1) is 72.8. The predicted molar refractivity (Wildman–Crippen MR) is 374 cm³/mol. The summed E-state index contributed by atoms with van der Waals surface area (Å²) in [5.41, 5.74) is 4.57. The van der Waals surface area contributed by atoms with Gasteiger partial charge in [0.05, 0.1) is 47.4 Å². The van der Waals surface area contributed by atoms with Crippen molar-refractivity contribution in [1.82, 2.24) is 30.8 Å². The van der Waals surface area contributed by atoms with Gasteiger partial charge in [0, 0.05) is 99.3 Å². The van der Waals surface area contributed by atoms with Crippen LogP contribution in [0.4, 0.5) is 21.4 Å². The van der Waals surface area contributed by atoms with Crippen LogP contribution in [0.3, 0.4) is 0 Å². The number of amides is 6. The van der Waals surface area contributed by atoms with Crippen molar-refractivity contribution >= 4 is 104 Å². The number of thiazole rings is 1. The zero-order valence-electron chi connectivity index (χ0n) is 56.7. The third-order valence-corrected chi connectivity index (χ3v) is 20.5. The second-order valence-corrected chi connectivity index (χ2v) is 28.9. The molecule has 4 aliphatic carbocycles. The Hall–Kier alpha value is -9.45. The lowest BCUT2D eigenvalue weighted by Crippen LogP contribution is -2.65. The molecule has 2 aromatic heterocycles. The minimum absolute atomic E-state index is 0.00621. The summed E-state index contributed by atoms with van der Waals surface area (Å²) in [6, 6.07) is 21.5. The number of aliphatic hydroxyl groups is 2. The predicted octanol–water partition coefficient (Wildman–Crippen LogP) is 8.00. The Balaban J connectivity index is 0.630. The number of hydrogen-bond donors (Lipinski definition) is 10. The number of hydrogen-bond acceptors (Lipinski definition) is 21. The van der Waals surface area contributed by atoms with Crippen LogP contribution in [0.1, 0.15) is 141 Å². The first-order valence-corrected chi connectivity index (χ1v) is 34.9. The number of imide groups is 1. The topological polar surface area (TPSA) is 380 Å². The highest BCUT2D eigenvalue weighted by atomic mass is 32.1. The zero-order valence-corrected chi connectivity index (χ0v) is 57.5. The summed E-state index contributed by atoms with van der Waals surface area (Å²) in [6.45, 7) is 9.17. The molecule has 5 fully saturated rings. The lowest BCUT2D eigenvalue weighted by molar-refractivity contribution is -0.245. The van der Waals surface area contributed by atoms with Gasteiger partial charge in [0.1, 0.15) is 24.3 Å². The van der Waals surface area contributed by atoms with Crippen LogP contribution < -0.4 is 36.2 Å². The summed E-state index contributed by atoms with van der Waals surface area (Å²) in [5.74, 6) is -4.04. The number of carboxylic acids is 2. The molecular weight excluding hydrogens is 1320 g/mol. The van der Waals surface area contributed by atoms with Gasteiger partial charge in [-0.25, -0.2) is 24.4 Å². The highest BCUT2D eigenvalue weighted by molar-refractivity contribution is 7.22. The number of rotatable bonds is 32. The Bertz CT molecular complexity index is 4030. The third kappa shape index (κ3) is 17.8. The van der Waals surface area contributed by atoms with Gasteiger partial charge >= 0.3 is 18.0 Å². The highest BCUT2D eigenvalue weighted by Crippen LogP contribution is 2.71. The fraction of sp³-hybridized carbons (Fsp3) is 0.466. The van der Waals surface area contributed by atoms with Crippen molar-refractivity contribution in [2.24, 2.45) is 16.2 Å². The molecule has 4 saturated carbocycles. The summed E-state index contributed by atoms with van der Waals surface area (Å²) in [7, 11) is 0. The molecule has 27 nitrogen and oxygen atoms in total. The number of nitrogens with zero attached hydrogens (tertiary/aromatic N) is 4. The van der Waals surface area contributed by atoms with Crippen LogP contribution >= 0.6 is 11.3 Å². The molecule has 3 aliphatic heterocycles. The number of alkyl carbamates (subject to hydrolysis) is 1. The fourth-order valence-electron chi connectivity index (χ4n) is 16.2. The largest absolute Gasteiger partial charge is 0.479 e. The number of carbonyl (C=O) groups is 8. The second-order valence-electron chi connectivity index (χ2n) is 27.8. The lowest BCUT2D eigenvalue weighted by atomic mass is 9.39. The van der Waals surface area contributed by atoms with E-state index in [0.717, 1.165) is 64.8 Å². The van der Waals surface area contributed by atoms with Gasteiger partial charge in [0.2, 0.25) is 18.1 Å². The van der Waals surface area contributed by atoms with Crippen LogP contribution in [0, 0.1) is 21.7 Å². The Morgan fingerprint density at radius 1 is 0.802 bits per heavy atom. The summed E-state index contributed by atoms with van der Waals surface area (Å²) < 4.78 is 30.5. The van der Waals surface area contributed by atoms with Crippen LogP contribution in [0.5, 0.6) is 5.75 Å². The van der Waals surface area contributed by atoms with E-state index in [1.807, 2.05) is 48.2 Å². The van der Waals surface area contributed by atoms with Gasteiger partial charge in [-0.15, -0.1) is 0 Å². The van der Waals surface area contributed by atoms with Crippen molar-refractivity contribution in [2.45, 2.75) is 141 Å². The maximum atomic E-state index is 13.8. The molecule has 6 amide bonds. The first-order chi connectivity index (χ1) is 48.4. The van der Waals surface area contributed by atoms with Gasteiger partial charge in [-0.05, 0) is 146 Å². The van der Waals surface area contributed by atoms with Crippen molar-refractivity contribution in [2.75, 3.05) is 74.7 Å². The van der Waals surface area contributed by atoms with E-state index in [1.165, 1.54) is 35.8 Å². The number of carboxylic acid groups (broad SMARTS) is 2. The van der Waals surface area contributed by atoms with E-state index in [9.17, 15) is 58.8 Å².